The van der Waals surface area contributed by atoms with E-state index >= 15 is 0 Å². The number of oxime groups is 1. The van der Waals surface area contributed by atoms with Crippen molar-refractivity contribution in [3.05, 3.63) is 59.9 Å². The summed E-state index contributed by atoms with van der Waals surface area (Å²) in [6, 6.07) is 12.4. The summed E-state index contributed by atoms with van der Waals surface area (Å²) in [4.78, 5) is 16.5. The van der Waals surface area contributed by atoms with E-state index in [2.05, 4.69) is 15.5 Å². The van der Waals surface area contributed by atoms with Crippen LogP contribution in [0.2, 0.25) is 0 Å². The van der Waals surface area contributed by atoms with Crippen molar-refractivity contribution in [2.45, 2.75) is 12.8 Å². The quantitative estimate of drug-likeness (QED) is 0.345. The van der Waals surface area contributed by atoms with E-state index in [1.54, 1.807) is 42.6 Å². The Bertz CT molecular complexity index is 638. The van der Waals surface area contributed by atoms with Crippen LogP contribution in [0.5, 0.6) is 0 Å². The molecule has 0 spiro atoms. The average molecular weight is 284 g/mol. The van der Waals surface area contributed by atoms with Gasteiger partial charge in [-0.05, 0) is 24.6 Å². The van der Waals surface area contributed by atoms with Crippen molar-refractivity contribution in [1.82, 2.24) is 4.98 Å². The molecular formula is C15H16N4O2. The third-order valence-electron chi connectivity index (χ3n) is 2.99. The molecule has 0 saturated carbocycles. The third kappa shape index (κ3) is 3.56. The zero-order valence-corrected chi connectivity index (χ0v) is 11.5. The number of hydrogen-bond acceptors (Lipinski definition) is 4. The van der Waals surface area contributed by atoms with Gasteiger partial charge in [-0.2, -0.15) is 0 Å². The van der Waals surface area contributed by atoms with Crippen LogP contribution in [-0.2, 0) is 4.79 Å². The minimum Gasteiger partial charge on any atom is -0.409 e. The van der Waals surface area contributed by atoms with E-state index in [9.17, 15) is 4.79 Å². The molecule has 21 heavy (non-hydrogen) atoms. The zero-order valence-electron chi connectivity index (χ0n) is 11.5. The standard InChI is InChI=1S/C15H16N4O2/c1-10-7-8-12(9-17-10)18-15(20)13(14(16)19-21)11-5-3-2-4-6-11/h2-9,13,21H,1H3,(H2,16,19)(H,18,20). The molecule has 0 saturated heterocycles. The van der Waals surface area contributed by atoms with Gasteiger partial charge in [0, 0.05) is 5.69 Å². The summed E-state index contributed by atoms with van der Waals surface area (Å²) in [5.74, 6) is -1.42. The number of aromatic nitrogens is 1. The zero-order chi connectivity index (χ0) is 15.2. The van der Waals surface area contributed by atoms with Gasteiger partial charge in [-0.25, -0.2) is 0 Å². The number of aryl methyl sites for hydroxylation is 1. The lowest BCUT2D eigenvalue weighted by atomic mass is 9.97. The van der Waals surface area contributed by atoms with Gasteiger partial charge in [0.1, 0.15) is 5.92 Å². The van der Waals surface area contributed by atoms with Crippen molar-refractivity contribution in [1.29, 1.82) is 0 Å². The van der Waals surface area contributed by atoms with Crippen molar-refractivity contribution in [3.8, 4) is 0 Å². The van der Waals surface area contributed by atoms with Crippen LogP contribution in [-0.4, -0.2) is 21.9 Å². The monoisotopic (exact) mass is 284 g/mol. The molecule has 0 fully saturated rings. The lowest BCUT2D eigenvalue weighted by Crippen LogP contribution is -2.32. The van der Waals surface area contributed by atoms with Gasteiger partial charge in [-0.3, -0.25) is 9.78 Å². The van der Waals surface area contributed by atoms with E-state index < -0.39 is 5.92 Å². The molecule has 1 unspecified atom stereocenters. The Morgan fingerprint density at radius 2 is 2.00 bits per heavy atom. The smallest absolute Gasteiger partial charge is 0.239 e. The topological polar surface area (TPSA) is 101 Å². The van der Waals surface area contributed by atoms with Crippen LogP contribution in [0.4, 0.5) is 5.69 Å². The van der Waals surface area contributed by atoms with Gasteiger partial charge in [0.25, 0.3) is 0 Å². The highest BCUT2D eigenvalue weighted by Crippen LogP contribution is 2.18. The van der Waals surface area contributed by atoms with Crippen molar-refractivity contribution in [3.63, 3.8) is 0 Å². The van der Waals surface area contributed by atoms with Crippen LogP contribution in [0.25, 0.3) is 0 Å². The Balaban J connectivity index is 2.25. The summed E-state index contributed by atoms with van der Waals surface area (Å²) in [5.41, 5.74) is 7.70. The van der Waals surface area contributed by atoms with E-state index in [4.69, 9.17) is 10.9 Å². The van der Waals surface area contributed by atoms with Gasteiger partial charge in [0.2, 0.25) is 5.91 Å². The maximum atomic E-state index is 12.4. The highest BCUT2D eigenvalue weighted by atomic mass is 16.4. The van der Waals surface area contributed by atoms with Crippen molar-refractivity contribution in [2.75, 3.05) is 5.32 Å². The maximum absolute atomic E-state index is 12.4. The van der Waals surface area contributed by atoms with Crippen LogP contribution < -0.4 is 11.1 Å². The summed E-state index contributed by atoms with van der Waals surface area (Å²) >= 11 is 0. The van der Waals surface area contributed by atoms with Crippen LogP contribution in [0.1, 0.15) is 17.2 Å². The molecule has 0 bridgehead atoms. The Morgan fingerprint density at radius 1 is 1.29 bits per heavy atom. The predicted molar refractivity (Wildman–Crippen MR) is 80.2 cm³/mol. The van der Waals surface area contributed by atoms with Crippen LogP contribution in [0.3, 0.4) is 0 Å². The number of amides is 1. The third-order valence-corrected chi connectivity index (χ3v) is 2.99. The molecular weight excluding hydrogens is 268 g/mol. The summed E-state index contributed by atoms with van der Waals surface area (Å²) in [7, 11) is 0. The lowest BCUT2D eigenvalue weighted by molar-refractivity contribution is -0.116. The molecule has 0 radical (unpaired) electrons. The minimum atomic E-state index is -0.863. The second-order valence-corrected chi connectivity index (χ2v) is 4.55. The minimum absolute atomic E-state index is 0.168. The van der Waals surface area contributed by atoms with Crippen molar-refractivity contribution >= 4 is 17.4 Å². The van der Waals surface area contributed by atoms with E-state index in [-0.39, 0.29) is 11.7 Å². The molecule has 1 atom stereocenters. The molecule has 2 aromatic rings. The predicted octanol–water partition coefficient (Wildman–Crippen LogP) is 1.86. The molecule has 6 nitrogen and oxygen atoms in total. The molecule has 4 N–H and O–H groups in total. The largest absolute Gasteiger partial charge is 0.409 e. The Kier molecular flexibility index (Phi) is 4.50. The summed E-state index contributed by atoms with van der Waals surface area (Å²) < 4.78 is 0. The first-order valence-electron chi connectivity index (χ1n) is 6.37. The maximum Gasteiger partial charge on any atom is 0.239 e. The average Bonchev–Trinajstić information content (AvgIpc) is 2.50. The second kappa shape index (κ2) is 6.51. The molecule has 6 heteroatoms. The highest BCUT2D eigenvalue weighted by molar-refractivity contribution is 6.12. The number of anilines is 1. The number of carbonyl (C=O) groups is 1. The van der Waals surface area contributed by atoms with E-state index in [1.165, 1.54) is 0 Å². The first-order valence-corrected chi connectivity index (χ1v) is 6.37. The SMILES string of the molecule is Cc1ccc(NC(=O)C(/C(N)=N/O)c2ccccc2)cn1. The number of pyridine rings is 1. The van der Waals surface area contributed by atoms with Gasteiger partial charge < -0.3 is 16.3 Å². The van der Waals surface area contributed by atoms with Crippen LogP contribution >= 0.6 is 0 Å². The Hall–Kier alpha value is -2.89. The first-order chi connectivity index (χ1) is 10.1. The number of benzene rings is 1. The van der Waals surface area contributed by atoms with Gasteiger partial charge in [-0.15, -0.1) is 0 Å². The van der Waals surface area contributed by atoms with E-state index in [0.717, 1.165) is 5.69 Å². The molecule has 1 heterocycles. The fourth-order valence-corrected chi connectivity index (χ4v) is 1.92. The molecule has 1 aromatic carbocycles. The molecule has 2 rings (SSSR count). The van der Waals surface area contributed by atoms with E-state index in [0.29, 0.717) is 11.3 Å². The van der Waals surface area contributed by atoms with Crippen LogP contribution in [0.15, 0.2) is 53.8 Å². The number of carbonyl (C=O) groups excluding carboxylic acids is 1. The van der Waals surface area contributed by atoms with Crippen molar-refractivity contribution < 1.29 is 10.0 Å². The van der Waals surface area contributed by atoms with Gasteiger partial charge in [0.05, 0.1) is 11.9 Å². The number of nitrogens with two attached hydrogens (primary N) is 1. The molecule has 0 aliphatic carbocycles. The van der Waals surface area contributed by atoms with E-state index in [1.807, 2.05) is 13.0 Å². The number of hydrogen-bond donors (Lipinski definition) is 3. The number of nitrogens with one attached hydrogen (secondary N) is 1. The van der Waals surface area contributed by atoms with Gasteiger partial charge >= 0.3 is 0 Å². The normalized spacial score (nSPS) is 12.7. The second-order valence-electron chi connectivity index (χ2n) is 4.55. The summed E-state index contributed by atoms with van der Waals surface area (Å²) in [5, 5.41) is 14.6. The van der Waals surface area contributed by atoms with Crippen molar-refractivity contribution in [2.24, 2.45) is 10.9 Å². The molecule has 0 aliphatic heterocycles. The fraction of sp³-hybridized carbons (Fsp3) is 0.133. The molecule has 108 valence electrons. The Labute approximate surface area is 122 Å². The van der Waals surface area contributed by atoms with Gasteiger partial charge in [-0.1, -0.05) is 35.5 Å². The van der Waals surface area contributed by atoms with Gasteiger partial charge in [0.15, 0.2) is 5.84 Å². The highest BCUT2D eigenvalue weighted by Gasteiger charge is 2.25. The number of rotatable bonds is 4. The molecule has 0 aliphatic rings. The lowest BCUT2D eigenvalue weighted by Gasteiger charge is -2.15. The Morgan fingerprint density at radius 3 is 2.57 bits per heavy atom. The molecule has 1 amide bonds. The fourth-order valence-electron chi connectivity index (χ4n) is 1.92. The molecule has 1 aromatic heterocycles. The number of amidine groups is 1. The summed E-state index contributed by atoms with van der Waals surface area (Å²) in [6.07, 6.45) is 1.56. The van der Waals surface area contributed by atoms with Crippen LogP contribution in [0, 0.1) is 6.92 Å². The first kappa shape index (κ1) is 14.5. The number of nitrogens with zero attached hydrogens (tertiary/aromatic N) is 2. The summed E-state index contributed by atoms with van der Waals surface area (Å²) in [6.45, 7) is 1.86.